The highest BCUT2D eigenvalue weighted by Crippen LogP contribution is 2.36. The highest BCUT2D eigenvalue weighted by Gasteiger charge is 2.51. The lowest BCUT2D eigenvalue weighted by Crippen LogP contribution is -2.41. The van der Waals surface area contributed by atoms with Crippen LogP contribution >= 0.6 is 0 Å². The molecule has 25 heavy (non-hydrogen) atoms. The van der Waals surface area contributed by atoms with Gasteiger partial charge in [-0.05, 0) is 64.7 Å². The van der Waals surface area contributed by atoms with Crippen LogP contribution in [0.1, 0.15) is 46.1 Å². The Morgan fingerprint density at radius 1 is 1.12 bits per heavy atom. The number of carbonyl (C=O) groups excluding carboxylic acids is 1. The molecule has 2 aliphatic rings. The molecular weight excluding hydrogens is 315 g/mol. The van der Waals surface area contributed by atoms with E-state index >= 15 is 0 Å². The van der Waals surface area contributed by atoms with E-state index in [4.69, 9.17) is 15.0 Å². The number of nitrogens with two attached hydrogens (primary N) is 1. The van der Waals surface area contributed by atoms with Crippen molar-refractivity contribution in [3.63, 3.8) is 0 Å². The van der Waals surface area contributed by atoms with Crippen molar-refractivity contribution in [3.05, 3.63) is 29.8 Å². The van der Waals surface area contributed by atoms with Crippen molar-refractivity contribution in [2.45, 2.75) is 58.3 Å². The Kier molecular flexibility index (Phi) is 4.97. The molecule has 0 radical (unpaired) electrons. The summed E-state index contributed by atoms with van der Waals surface area (Å²) >= 11 is 0. The van der Waals surface area contributed by atoms with Crippen molar-refractivity contribution in [2.24, 2.45) is 11.7 Å². The molecular formula is C19H29BN2O3. The molecule has 1 amide bonds. The van der Waals surface area contributed by atoms with Crippen LogP contribution in [0.2, 0.25) is 0 Å². The van der Waals surface area contributed by atoms with Crippen molar-refractivity contribution in [1.82, 2.24) is 4.90 Å². The molecule has 2 N–H and O–H groups in total. The molecule has 0 bridgehead atoms. The van der Waals surface area contributed by atoms with Crippen molar-refractivity contribution in [3.8, 4) is 0 Å². The van der Waals surface area contributed by atoms with Crippen LogP contribution in [0.4, 0.5) is 0 Å². The van der Waals surface area contributed by atoms with Gasteiger partial charge in [-0.25, -0.2) is 0 Å². The summed E-state index contributed by atoms with van der Waals surface area (Å²) in [6, 6.07) is 8.46. The van der Waals surface area contributed by atoms with Crippen LogP contribution in [0.3, 0.4) is 0 Å². The third-order valence-corrected chi connectivity index (χ3v) is 5.90. The molecule has 1 aromatic rings. The maximum atomic E-state index is 11.3. The molecule has 1 aromatic carbocycles. The number of benzene rings is 1. The summed E-state index contributed by atoms with van der Waals surface area (Å²) in [4.78, 5) is 13.6. The van der Waals surface area contributed by atoms with E-state index in [0.29, 0.717) is 0 Å². The summed E-state index contributed by atoms with van der Waals surface area (Å²) < 4.78 is 12.2. The summed E-state index contributed by atoms with van der Waals surface area (Å²) in [5.74, 6) is -0.117. The number of hydrogen-bond donors (Lipinski definition) is 1. The maximum Gasteiger partial charge on any atom is 0.494 e. The van der Waals surface area contributed by atoms with E-state index < -0.39 is 0 Å². The molecule has 0 spiro atoms. The van der Waals surface area contributed by atoms with E-state index in [-0.39, 0.29) is 30.1 Å². The van der Waals surface area contributed by atoms with Crippen molar-refractivity contribution < 1.29 is 14.1 Å². The fourth-order valence-electron chi connectivity index (χ4n) is 3.39. The average molecular weight is 344 g/mol. The smallest absolute Gasteiger partial charge is 0.399 e. The zero-order valence-electron chi connectivity index (χ0n) is 15.7. The summed E-state index contributed by atoms with van der Waals surface area (Å²) in [5.41, 5.74) is 7.07. The number of carbonyl (C=O) groups is 1. The van der Waals surface area contributed by atoms with Gasteiger partial charge in [0.2, 0.25) is 5.91 Å². The highest BCUT2D eigenvalue weighted by molar-refractivity contribution is 6.62. The quantitative estimate of drug-likeness (QED) is 0.844. The van der Waals surface area contributed by atoms with Crippen LogP contribution in [0.15, 0.2) is 24.3 Å². The number of nitrogens with zero attached hydrogens (tertiary/aromatic N) is 1. The summed E-state index contributed by atoms with van der Waals surface area (Å²) in [6.07, 6.45) is 1.72. The Hall–Kier alpha value is -1.37. The molecule has 5 nitrogen and oxygen atoms in total. The Morgan fingerprint density at radius 3 is 2.12 bits per heavy atom. The number of piperidine rings is 1. The van der Waals surface area contributed by atoms with Gasteiger partial charge in [-0.3, -0.25) is 9.69 Å². The lowest BCUT2D eigenvalue weighted by atomic mass is 9.79. The molecule has 2 heterocycles. The van der Waals surface area contributed by atoms with Gasteiger partial charge >= 0.3 is 7.12 Å². The lowest BCUT2D eigenvalue weighted by Gasteiger charge is -2.32. The van der Waals surface area contributed by atoms with E-state index in [0.717, 1.165) is 37.9 Å². The Bertz CT molecular complexity index is 606. The zero-order chi connectivity index (χ0) is 18.2. The van der Waals surface area contributed by atoms with Gasteiger partial charge in [0.05, 0.1) is 11.2 Å². The molecule has 0 aromatic heterocycles. The fraction of sp³-hybridized carbons (Fsp3) is 0.632. The number of hydrogen-bond acceptors (Lipinski definition) is 4. The third kappa shape index (κ3) is 3.91. The predicted molar refractivity (Wildman–Crippen MR) is 99.4 cm³/mol. The van der Waals surface area contributed by atoms with E-state index in [9.17, 15) is 4.79 Å². The molecule has 6 heteroatoms. The maximum absolute atomic E-state index is 11.3. The minimum absolute atomic E-state index is 0.0435. The van der Waals surface area contributed by atoms with E-state index in [1.165, 1.54) is 5.56 Å². The molecule has 3 rings (SSSR count). The molecule has 2 aliphatic heterocycles. The zero-order valence-corrected chi connectivity index (χ0v) is 15.7. The molecule has 2 fully saturated rings. The van der Waals surface area contributed by atoms with E-state index in [2.05, 4.69) is 56.9 Å². The van der Waals surface area contributed by atoms with Gasteiger partial charge in [0.15, 0.2) is 0 Å². The Balaban J connectivity index is 1.58. The van der Waals surface area contributed by atoms with Crippen molar-refractivity contribution >= 4 is 18.5 Å². The molecule has 0 saturated carbocycles. The summed E-state index contributed by atoms with van der Waals surface area (Å²) in [7, 11) is -0.314. The predicted octanol–water partition coefficient (Wildman–Crippen LogP) is 1.68. The van der Waals surface area contributed by atoms with Crippen molar-refractivity contribution in [2.75, 3.05) is 13.1 Å². The first-order valence-corrected chi connectivity index (χ1v) is 9.14. The number of likely N-dealkylation sites (tertiary alicyclic amines) is 1. The third-order valence-electron chi connectivity index (χ3n) is 5.90. The first-order chi connectivity index (χ1) is 11.7. The van der Waals surface area contributed by atoms with E-state index in [1.807, 2.05) is 0 Å². The molecule has 0 aliphatic carbocycles. The normalized spacial score (nSPS) is 23.8. The van der Waals surface area contributed by atoms with Gasteiger partial charge in [0.1, 0.15) is 0 Å². The van der Waals surface area contributed by atoms with E-state index in [1.54, 1.807) is 0 Å². The molecule has 0 unspecified atom stereocenters. The van der Waals surface area contributed by atoms with Gasteiger partial charge in [-0.15, -0.1) is 0 Å². The molecule has 0 atom stereocenters. The Morgan fingerprint density at radius 2 is 1.64 bits per heavy atom. The van der Waals surface area contributed by atoms with Crippen LogP contribution in [0.5, 0.6) is 0 Å². The largest absolute Gasteiger partial charge is 0.494 e. The minimum atomic E-state index is -0.318. The molecule has 136 valence electrons. The van der Waals surface area contributed by atoms with Gasteiger partial charge in [-0.2, -0.15) is 0 Å². The number of amides is 1. The first kappa shape index (κ1) is 18.4. The average Bonchev–Trinajstić information content (AvgIpc) is 2.76. The van der Waals surface area contributed by atoms with Crippen molar-refractivity contribution in [1.29, 1.82) is 0 Å². The van der Waals surface area contributed by atoms with Crippen LogP contribution in [-0.4, -0.2) is 42.2 Å². The highest BCUT2D eigenvalue weighted by atomic mass is 16.7. The Labute approximate surface area is 151 Å². The fourth-order valence-corrected chi connectivity index (χ4v) is 3.39. The topological polar surface area (TPSA) is 64.8 Å². The standard InChI is InChI=1S/C19H29BN2O3/c1-18(2)19(3,4)25-20(24-18)16-7-5-14(6-8-16)13-22-11-9-15(10-12-22)17(21)23/h5-8,15H,9-13H2,1-4H3,(H2,21,23). The van der Waals surface area contributed by atoms with Gasteiger partial charge < -0.3 is 15.0 Å². The second kappa shape index (κ2) is 6.74. The number of rotatable bonds is 4. The second-order valence-corrected chi connectivity index (χ2v) is 8.28. The van der Waals surface area contributed by atoms with Crippen LogP contribution in [0, 0.1) is 5.92 Å². The van der Waals surface area contributed by atoms with Gasteiger partial charge in [0.25, 0.3) is 0 Å². The lowest BCUT2D eigenvalue weighted by molar-refractivity contribution is -0.123. The van der Waals surface area contributed by atoms with Crippen LogP contribution in [-0.2, 0) is 20.6 Å². The van der Waals surface area contributed by atoms with Gasteiger partial charge in [-0.1, -0.05) is 24.3 Å². The first-order valence-electron chi connectivity index (χ1n) is 9.14. The summed E-state index contributed by atoms with van der Waals surface area (Å²) in [5, 5.41) is 0. The SMILES string of the molecule is CC1(C)OB(c2ccc(CN3CCC(C(N)=O)CC3)cc2)OC1(C)C. The number of primary amides is 1. The summed E-state index contributed by atoms with van der Waals surface area (Å²) in [6.45, 7) is 11.0. The van der Waals surface area contributed by atoms with Crippen LogP contribution < -0.4 is 11.2 Å². The van der Waals surface area contributed by atoms with Gasteiger partial charge in [0, 0.05) is 12.5 Å². The monoisotopic (exact) mass is 344 g/mol. The molecule has 2 saturated heterocycles. The second-order valence-electron chi connectivity index (χ2n) is 8.28. The van der Waals surface area contributed by atoms with Crippen LogP contribution in [0.25, 0.3) is 0 Å². The minimum Gasteiger partial charge on any atom is -0.399 e.